The number of nitrogens with zero attached hydrogens (tertiary/aromatic N) is 3. The lowest BCUT2D eigenvalue weighted by Gasteiger charge is -2.22. The van der Waals surface area contributed by atoms with Crippen LogP contribution in [0.5, 0.6) is 0 Å². The molecule has 1 aliphatic heterocycles. The molecule has 1 fully saturated rings. The van der Waals surface area contributed by atoms with Gasteiger partial charge in [-0.2, -0.15) is 5.10 Å². The highest BCUT2D eigenvalue weighted by Gasteiger charge is 2.35. The van der Waals surface area contributed by atoms with Gasteiger partial charge in [0.1, 0.15) is 11.5 Å². The average molecular weight is 357 g/mol. The van der Waals surface area contributed by atoms with E-state index >= 15 is 0 Å². The van der Waals surface area contributed by atoms with Gasteiger partial charge in [-0.1, -0.05) is 12.1 Å². The lowest BCUT2D eigenvalue weighted by Crippen LogP contribution is -2.37. The third-order valence-corrected chi connectivity index (χ3v) is 5.26. The number of halogens is 1. The summed E-state index contributed by atoms with van der Waals surface area (Å²) in [6, 6.07) is 6.10. The smallest absolute Gasteiger partial charge is 0.305 e. The molecule has 0 spiro atoms. The van der Waals surface area contributed by atoms with Crippen LogP contribution in [-0.4, -0.2) is 44.3 Å². The molecule has 1 aliphatic carbocycles. The molecule has 0 saturated carbocycles. The maximum Gasteiger partial charge on any atom is 0.305 e. The van der Waals surface area contributed by atoms with Crippen molar-refractivity contribution in [1.82, 2.24) is 14.7 Å². The molecular formula is C19H20FN3O3. The van der Waals surface area contributed by atoms with Crippen molar-refractivity contribution in [3.05, 3.63) is 47.0 Å². The first kappa shape index (κ1) is 16.8. The summed E-state index contributed by atoms with van der Waals surface area (Å²) in [7, 11) is 0. The first-order valence-corrected chi connectivity index (χ1v) is 8.94. The SMILES string of the molecule is O=C(O)CC1CCCN1C(=O)c1nn(-c2ccccc2F)c2c1CCC2. The zero-order chi connectivity index (χ0) is 18.3. The van der Waals surface area contributed by atoms with Crippen LogP contribution >= 0.6 is 0 Å². The van der Waals surface area contributed by atoms with Gasteiger partial charge in [0.25, 0.3) is 5.91 Å². The average Bonchev–Trinajstić information content (AvgIpc) is 3.30. The van der Waals surface area contributed by atoms with Crippen LogP contribution in [0.2, 0.25) is 0 Å². The fourth-order valence-corrected chi connectivity index (χ4v) is 4.08. The Kier molecular flexibility index (Phi) is 4.22. The van der Waals surface area contributed by atoms with Gasteiger partial charge in [-0.3, -0.25) is 9.59 Å². The van der Waals surface area contributed by atoms with E-state index in [1.807, 2.05) is 0 Å². The summed E-state index contributed by atoms with van der Waals surface area (Å²) < 4.78 is 15.8. The fraction of sp³-hybridized carbons (Fsp3) is 0.421. The van der Waals surface area contributed by atoms with Crippen molar-refractivity contribution >= 4 is 11.9 Å². The first-order chi connectivity index (χ1) is 12.6. The Morgan fingerprint density at radius 1 is 1.23 bits per heavy atom. The number of para-hydroxylation sites is 1. The molecule has 7 heteroatoms. The number of amides is 1. The predicted molar refractivity (Wildman–Crippen MR) is 91.9 cm³/mol. The van der Waals surface area contributed by atoms with Gasteiger partial charge in [0.05, 0.1) is 6.42 Å². The summed E-state index contributed by atoms with van der Waals surface area (Å²) in [5.41, 5.74) is 2.44. The molecule has 136 valence electrons. The van der Waals surface area contributed by atoms with Crippen molar-refractivity contribution in [2.24, 2.45) is 0 Å². The lowest BCUT2D eigenvalue weighted by atomic mass is 10.1. The predicted octanol–water partition coefficient (Wildman–Crippen LogP) is 2.58. The van der Waals surface area contributed by atoms with E-state index in [-0.39, 0.29) is 24.2 Å². The van der Waals surface area contributed by atoms with E-state index in [0.29, 0.717) is 24.3 Å². The van der Waals surface area contributed by atoms with Crippen LogP contribution in [0.3, 0.4) is 0 Å². The van der Waals surface area contributed by atoms with Crippen molar-refractivity contribution in [1.29, 1.82) is 0 Å². The first-order valence-electron chi connectivity index (χ1n) is 8.94. The maximum atomic E-state index is 14.2. The normalized spacial score (nSPS) is 19.0. The Bertz CT molecular complexity index is 877. The van der Waals surface area contributed by atoms with Gasteiger partial charge < -0.3 is 10.0 Å². The van der Waals surface area contributed by atoms with Crippen molar-refractivity contribution in [3.8, 4) is 5.69 Å². The van der Waals surface area contributed by atoms with Gasteiger partial charge >= 0.3 is 5.97 Å². The highest BCUT2D eigenvalue weighted by Crippen LogP contribution is 2.31. The number of carbonyl (C=O) groups excluding carboxylic acids is 1. The number of benzene rings is 1. The zero-order valence-corrected chi connectivity index (χ0v) is 14.3. The molecule has 0 radical (unpaired) electrons. The van der Waals surface area contributed by atoms with Crippen LogP contribution in [0.25, 0.3) is 5.69 Å². The number of aliphatic carboxylic acids is 1. The maximum absolute atomic E-state index is 14.2. The molecule has 0 bridgehead atoms. The summed E-state index contributed by atoms with van der Waals surface area (Å²) in [5.74, 6) is -1.52. The molecule has 1 N–H and O–H groups in total. The van der Waals surface area contributed by atoms with E-state index in [4.69, 9.17) is 5.11 Å². The van der Waals surface area contributed by atoms with Crippen molar-refractivity contribution in [2.45, 2.75) is 44.6 Å². The standard InChI is InChI=1S/C19H20FN3O3/c20-14-7-1-2-8-16(14)23-15-9-3-6-13(15)18(21-23)19(26)22-10-4-5-12(22)11-17(24)25/h1-2,7-8,12H,3-6,9-11H2,(H,24,25). The molecule has 1 aromatic carbocycles. The van der Waals surface area contributed by atoms with Gasteiger partial charge in [-0.05, 0) is 44.2 Å². The minimum absolute atomic E-state index is 0.0536. The third-order valence-electron chi connectivity index (χ3n) is 5.26. The molecule has 2 heterocycles. The van der Waals surface area contributed by atoms with Crippen LogP contribution in [0.15, 0.2) is 24.3 Å². The van der Waals surface area contributed by atoms with Crippen LogP contribution in [0, 0.1) is 5.82 Å². The number of carbonyl (C=O) groups is 2. The second-order valence-electron chi connectivity index (χ2n) is 6.88. The highest BCUT2D eigenvalue weighted by atomic mass is 19.1. The molecule has 1 unspecified atom stereocenters. The summed E-state index contributed by atoms with van der Waals surface area (Å²) >= 11 is 0. The molecule has 1 aromatic heterocycles. The van der Waals surface area contributed by atoms with Crippen molar-refractivity contribution in [3.63, 3.8) is 0 Å². The largest absolute Gasteiger partial charge is 0.481 e. The van der Waals surface area contributed by atoms with E-state index in [2.05, 4.69) is 5.10 Å². The number of likely N-dealkylation sites (tertiary alicyclic amines) is 1. The highest BCUT2D eigenvalue weighted by molar-refractivity contribution is 5.95. The van der Waals surface area contributed by atoms with E-state index in [0.717, 1.165) is 36.9 Å². The Morgan fingerprint density at radius 3 is 2.81 bits per heavy atom. The van der Waals surface area contributed by atoms with Gasteiger partial charge in [-0.15, -0.1) is 0 Å². The van der Waals surface area contributed by atoms with Crippen LogP contribution in [0.1, 0.15) is 47.4 Å². The fourth-order valence-electron chi connectivity index (χ4n) is 4.08. The van der Waals surface area contributed by atoms with Gasteiger partial charge in [0.15, 0.2) is 5.69 Å². The van der Waals surface area contributed by atoms with E-state index in [9.17, 15) is 14.0 Å². The molecule has 1 amide bonds. The van der Waals surface area contributed by atoms with Crippen LogP contribution < -0.4 is 0 Å². The molecular weight excluding hydrogens is 337 g/mol. The van der Waals surface area contributed by atoms with Crippen molar-refractivity contribution < 1.29 is 19.1 Å². The van der Waals surface area contributed by atoms with Crippen LogP contribution in [-0.2, 0) is 17.6 Å². The molecule has 2 aliphatic rings. The topological polar surface area (TPSA) is 75.4 Å². The minimum Gasteiger partial charge on any atom is -0.481 e. The summed E-state index contributed by atoms with van der Waals surface area (Å²) in [5, 5.41) is 13.5. The molecule has 26 heavy (non-hydrogen) atoms. The Labute approximate surface area is 150 Å². The molecule has 2 aromatic rings. The van der Waals surface area contributed by atoms with Crippen LogP contribution in [0.4, 0.5) is 4.39 Å². The Hall–Kier alpha value is -2.70. The lowest BCUT2D eigenvalue weighted by molar-refractivity contribution is -0.137. The molecule has 1 atom stereocenters. The summed E-state index contributed by atoms with van der Waals surface area (Å²) in [6.07, 6.45) is 3.82. The summed E-state index contributed by atoms with van der Waals surface area (Å²) in [6.45, 7) is 0.540. The van der Waals surface area contributed by atoms with E-state index in [1.165, 1.54) is 6.07 Å². The zero-order valence-electron chi connectivity index (χ0n) is 14.3. The minimum atomic E-state index is -0.906. The van der Waals surface area contributed by atoms with Gasteiger partial charge in [0.2, 0.25) is 0 Å². The van der Waals surface area contributed by atoms with Gasteiger partial charge in [-0.25, -0.2) is 9.07 Å². The third kappa shape index (κ3) is 2.77. The second kappa shape index (κ2) is 6.55. The number of carboxylic acids is 1. The number of fused-ring (bicyclic) bond motifs is 1. The number of hydrogen-bond acceptors (Lipinski definition) is 3. The summed E-state index contributed by atoms with van der Waals surface area (Å²) in [4.78, 5) is 25.8. The monoisotopic (exact) mass is 357 g/mol. The number of hydrogen-bond donors (Lipinski definition) is 1. The number of rotatable bonds is 4. The van der Waals surface area contributed by atoms with E-state index in [1.54, 1.807) is 27.8 Å². The Morgan fingerprint density at radius 2 is 2.04 bits per heavy atom. The molecule has 4 rings (SSSR count). The van der Waals surface area contributed by atoms with Gasteiger partial charge in [0, 0.05) is 23.8 Å². The van der Waals surface area contributed by atoms with Crippen molar-refractivity contribution in [2.75, 3.05) is 6.54 Å². The number of carboxylic acid groups (broad SMARTS) is 1. The second-order valence-corrected chi connectivity index (χ2v) is 6.88. The Balaban J connectivity index is 1.72. The van der Waals surface area contributed by atoms with E-state index < -0.39 is 5.97 Å². The molecule has 1 saturated heterocycles. The number of aromatic nitrogens is 2. The quantitative estimate of drug-likeness (QED) is 0.913. The molecule has 6 nitrogen and oxygen atoms in total.